The van der Waals surface area contributed by atoms with Crippen molar-refractivity contribution in [3.63, 3.8) is 0 Å². The molecule has 4 fully saturated rings. The lowest BCUT2D eigenvalue weighted by molar-refractivity contribution is -0.958. The summed E-state index contributed by atoms with van der Waals surface area (Å²) in [6, 6.07) is 21.3. The van der Waals surface area contributed by atoms with Gasteiger partial charge in [0, 0.05) is 24.3 Å². The van der Waals surface area contributed by atoms with Crippen molar-refractivity contribution < 1.29 is 14.0 Å². The number of fused-ring (bicyclic) bond motifs is 3. The average Bonchev–Trinajstić information content (AvgIpc) is 3.08. The summed E-state index contributed by atoms with van der Waals surface area (Å²) in [6.07, 6.45) is 8.98. The van der Waals surface area contributed by atoms with Crippen molar-refractivity contribution >= 4 is 5.97 Å². The van der Waals surface area contributed by atoms with E-state index >= 15 is 0 Å². The van der Waals surface area contributed by atoms with Gasteiger partial charge in [-0.3, -0.25) is 4.79 Å². The number of esters is 1. The molecule has 0 unspecified atom stereocenters. The highest BCUT2D eigenvalue weighted by Crippen LogP contribution is 2.42. The molecule has 3 saturated heterocycles. The monoisotopic (exact) mass is 418 g/mol. The van der Waals surface area contributed by atoms with Crippen molar-refractivity contribution in [1.29, 1.82) is 0 Å². The van der Waals surface area contributed by atoms with E-state index < -0.39 is 5.41 Å². The summed E-state index contributed by atoms with van der Waals surface area (Å²) in [5.41, 5.74) is 2.11. The molecule has 6 rings (SSSR count). The van der Waals surface area contributed by atoms with Crippen molar-refractivity contribution in [2.24, 2.45) is 5.92 Å². The number of nitrogens with zero attached hydrogens (tertiary/aromatic N) is 1. The summed E-state index contributed by atoms with van der Waals surface area (Å²) in [5, 5.41) is 0. The van der Waals surface area contributed by atoms with E-state index in [1.165, 1.54) is 44.3 Å². The number of ether oxygens (including phenoxy) is 1. The Labute approximate surface area is 187 Å². The third-order valence-electron chi connectivity index (χ3n) is 8.33. The lowest BCUT2D eigenvalue weighted by atomic mass is 9.74. The van der Waals surface area contributed by atoms with Crippen molar-refractivity contribution in [1.82, 2.24) is 0 Å². The largest absolute Gasteiger partial charge is 0.455 e. The second-order valence-electron chi connectivity index (χ2n) is 10.3. The number of carbonyl (C=O) groups is 1. The maximum absolute atomic E-state index is 13.9. The molecule has 1 saturated carbocycles. The SMILES string of the molecule is O=C(O[C@H]1C[N+]2(Cc3ccccc3)CCC1CC2)C1(c2ccccc2)CCCCCC1. The molecule has 2 bridgehead atoms. The molecular weight excluding hydrogens is 382 g/mol. The molecule has 3 heteroatoms. The fourth-order valence-electron chi connectivity index (χ4n) is 6.50. The van der Waals surface area contributed by atoms with Gasteiger partial charge in [-0.2, -0.15) is 0 Å². The molecule has 2 aromatic carbocycles. The molecule has 3 nitrogen and oxygen atoms in total. The fraction of sp³-hybridized carbons (Fsp3) is 0.536. The first-order valence-corrected chi connectivity index (χ1v) is 12.3. The molecule has 0 radical (unpaired) electrons. The lowest BCUT2D eigenvalue weighted by Gasteiger charge is -2.52. The first kappa shape index (κ1) is 20.8. The van der Waals surface area contributed by atoms with Gasteiger partial charge in [0.25, 0.3) is 0 Å². The number of hydrogen-bond donors (Lipinski definition) is 0. The van der Waals surface area contributed by atoms with Crippen LogP contribution in [0.1, 0.15) is 62.5 Å². The first-order chi connectivity index (χ1) is 15.2. The van der Waals surface area contributed by atoms with Gasteiger partial charge in [0.2, 0.25) is 0 Å². The molecule has 164 valence electrons. The predicted molar refractivity (Wildman–Crippen MR) is 123 cm³/mol. The summed E-state index contributed by atoms with van der Waals surface area (Å²) >= 11 is 0. The Morgan fingerprint density at radius 3 is 2.13 bits per heavy atom. The Morgan fingerprint density at radius 1 is 0.871 bits per heavy atom. The highest BCUT2D eigenvalue weighted by atomic mass is 16.5. The van der Waals surface area contributed by atoms with Gasteiger partial charge in [-0.25, -0.2) is 0 Å². The average molecular weight is 419 g/mol. The summed E-state index contributed by atoms with van der Waals surface area (Å²) in [5.74, 6) is 0.593. The number of benzene rings is 2. The molecule has 31 heavy (non-hydrogen) atoms. The minimum absolute atomic E-state index is 0.0530. The normalized spacial score (nSPS) is 29.8. The zero-order chi connectivity index (χ0) is 21.2. The molecule has 0 aromatic heterocycles. The Balaban J connectivity index is 1.36. The van der Waals surface area contributed by atoms with E-state index in [0.717, 1.165) is 48.8 Å². The highest BCUT2D eigenvalue weighted by Gasteiger charge is 2.50. The number of piperidine rings is 3. The van der Waals surface area contributed by atoms with Gasteiger partial charge >= 0.3 is 5.97 Å². The lowest BCUT2D eigenvalue weighted by Crippen LogP contribution is -2.64. The Bertz CT molecular complexity index is 862. The van der Waals surface area contributed by atoms with Crippen LogP contribution < -0.4 is 0 Å². The summed E-state index contributed by atoms with van der Waals surface area (Å²) < 4.78 is 7.57. The van der Waals surface area contributed by atoms with E-state index in [1.807, 2.05) is 6.07 Å². The molecule has 3 heterocycles. The Kier molecular flexibility index (Phi) is 5.88. The van der Waals surface area contributed by atoms with Gasteiger partial charge in [0.15, 0.2) is 6.10 Å². The fourth-order valence-corrected chi connectivity index (χ4v) is 6.50. The van der Waals surface area contributed by atoms with Crippen LogP contribution in [0.2, 0.25) is 0 Å². The maximum Gasteiger partial charge on any atom is 0.317 e. The standard InChI is InChI=1S/C28H36NO2/c30-27(28(17-9-1-2-10-18-28)25-13-7-4-8-14-25)31-26-22-29(19-15-24(26)16-20-29)21-23-11-5-3-6-12-23/h3-8,11-14,24,26H,1-2,9-10,15-22H2/q+1/t24?,26-,29?/m0/s1. The van der Waals surface area contributed by atoms with Gasteiger partial charge in [0.05, 0.1) is 18.5 Å². The van der Waals surface area contributed by atoms with E-state index in [2.05, 4.69) is 54.6 Å². The Morgan fingerprint density at radius 2 is 1.48 bits per heavy atom. The predicted octanol–water partition coefficient (Wildman–Crippen LogP) is 5.63. The second-order valence-corrected chi connectivity index (χ2v) is 10.3. The molecule has 1 aliphatic carbocycles. The van der Waals surface area contributed by atoms with Crippen LogP contribution in [0.15, 0.2) is 60.7 Å². The summed E-state index contributed by atoms with van der Waals surface area (Å²) in [4.78, 5) is 13.9. The molecule has 3 aliphatic heterocycles. The quantitative estimate of drug-likeness (QED) is 0.357. The van der Waals surface area contributed by atoms with E-state index in [4.69, 9.17) is 4.74 Å². The van der Waals surface area contributed by atoms with Crippen LogP contribution in [0.5, 0.6) is 0 Å². The summed E-state index contributed by atoms with van der Waals surface area (Å²) in [6.45, 7) is 4.48. The molecule has 4 aliphatic rings. The summed E-state index contributed by atoms with van der Waals surface area (Å²) in [7, 11) is 0. The van der Waals surface area contributed by atoms with Crippen LogP contribution in [0.4, 0.5) is 0 Å². The van der Waals surface area contributed by atoms with Crippen molar-refractivity contribution in [3.8, 4) is 0 Å². The van der Waals surface area contributed by atoms with Gasteiger partial charge in [-0.05, 0) is 18.4 Å². The maximum atomic E-state index is 13.9. The van der Waals surface area contributed by atoms with Crippen LogP contribution in [0.3, 0.4) is 0 Å². The molecule has 0 amide bonds. The molecule has 2 aromatic rings. The van der Waals surface area contributed by atoms with E-state index in [-0.39, 0.29) is 12.1 Å². The van der Waals surface area contributed by atoms with Crippen molar-refractivity contribution in [3.05, 3.63) is 71.8 Å². The molecule has 1 atom stereocenters. The first-order valence-electron chi connectivity index (χ1n) is 12.3. The minimum Gasteiger partial charge on any atom is -0.455 e. The van der Waals surface area contributed by atoms with Gasteiger partial charge in [0.1, 0.15) is 13.1 Å². The van der Waals surface area contributed by atoms with E-state index in [0.29, 0.717) is 5.92 Å². The van der Waals surface area contributed by atoms with Crippen LogP contribution in [0.25, 0.3) is 0 Å². The molecule has 0 N–H and O–H groups in total. The van der Waals surface area contributed by atoms with E-state index in [1.54, 1.807) is 0 Å². The number of rotatable bonds is 5. The smallest absolute Gasteiger partial charge is 0.317 e. The number of carbonyl (C=O) groups excluding carboxylic acids is 1. The second kappa shape index (κ2) is 8.78. The van der Waals surface area contributed by atoms with Crippen LogP contribution in [-0.4, -0.2) is 36.2 Å². The zero-order valence-electron chi connectivity index (χ0n) is 18.7. The third-order valence-corrected chi connectivity index (χ3v) is 8.33. The topological polar surface area (TPSA) is 26.3 Å². The number of quaternary nitrogens is 1. The Hall–Kier alpha value is -2.13. The minimum atomic E-state index is -0.450. The number of hydrogen-bond acceptors (Lipinski definition) is 2. The van der Waals surface area contributed by atoms with Crippen LogP contribution in [0, 0.1) is 5.92 Å². The highest BCUT2D eigenvalue weighted by molar-refractivity contribution is 5.83. The van der Waals surface area contributed by atoms with Crippen molar-refractivity contribution in [2.75, 3.05) is 19.6 Å². The molecular formula is C28H36NO2+. The van der Waals surface area contributed by atoms with Gasteiger partial charge < -0.3 is 9.22 Å². The third kappa shape index (κ3) is 4.17. The van der Waals surface area contributed by atoms with Gasteiger partial charge in [-0.1, -0.05) is 86.3 Å². The van der Waals surface area contributed by atoms with Crippen LogP contribution >= 0.6 is 0 Å². The van der Waals surface area contributed by atoms with Crippen molar-refractivity contribution in [2.45, 2.75) is 69.4 Å². The molecule has 0 spiro atoms. The van der Waals surface area contributed by atoms with E-state index in [9.17, 15) is 4.79 Å². The zero-order valence-corrected chi connectivity index (χ0v) is 18.7. The van der Waals surface area contributed by atoms with Crippen LogP contribution in [-0.2, 0) is 21.5 Å². The van der Waals surface area contributed by atoms with Gasteiger partial charge in [-0.15, -0.1) is 0 Å².